The van der Waals surface area contributed by atoms with Crippen molar-refractivity contribution in [3.63, 3.8) is 0 Å². The summed E-state index contributed by atoms with van der Waals surface area (Å²) in [5, 5.41) is 3.21. The van der Waals surface area contributed by atoms with Crippen molar-refractivity contribution in [3.8, 4) is 0 Å². The van der Waals surface area contributed by atoms with Gasteiger partial charge in [-0.15, -0.1) is 0 Å². The molecule has 0 amide bonds. The molecule has 1 aromatic heterocycles. The molecule has 0 aliphatic rings. The Hall–Kier alpha value is -1.39. The Morgan fingerprint density at radius 1 is 1.14 bits per heavy atom. The highest BCUT2D eigenvalue weighted by Crippen LogP contribution is 2.18. The number of halogens is 1. The molecule has 0 radical (unpaired) electrons. The number of anilines is 1. The van der Waals surface area contributed by atoms with Crippen LogP contribution in [0.25, 0.3) is 0 Å². The molecular formula is C17H22BrN3. The van der Waals surface area contributed by atoms with E-state index in [4.69, 9.17) is 4.98 Å². The largest absolute Gasteiger partial charge is 0.355 e. The third-order valence-electron chi connectivity index (χ3n) is 3.39. The first kappa shape index (κ1) is 16.0. The molecule has 112 valence electrons. The number of aromatic nitrogens is 1. The minimum absolute atomic E-state index is 0.854. The molecule has 2 aromatic rings. The smallest absolute Gasteiger partial charge is 0.129 e. The van der Waals surface area contributed by atoms with Crippen molar-refractivity contribution in [1.82, 2.24) is 10.3 Å². The summed E-state index contributed by atoms with van der Waals surface area (Å²) in [4.78, 5) is 6.93. The van der Waals surface area contributed by atoms with Gasteiger partial charge in [-0.2, -0.15) is 0 Å². The summed E-state index contributed by atoms with van der Waals surface area (Å²) in [7, 11) is 4.06. The highest BCUT2D eigenvalue weighted by molar-refractivity contribution is 9.10. The quantitative estimate of drug-likeness (QED) is 0.862. The van der Waals surface area contributed by atoms with E-state index in [2.05, 4.69) is 76.5 Å². The maximum absolute atomic E-state index is 4.74. The molecule has 0 aliphatic carbocycles. The van der Waals surface area contributed by atoms with Crippen LogP contribution in [-0.2, 0) is 19.5 Å². The van der Waals surface area contributed by atoms with Gasteiger partial charge in [0.15, 0.2) is 0 Å². The van der Waals surface area contributed by atoms with E-state index in [0.717, 1.165) is 35.5 Å². The first-order valence-corrected chi connectivity index (χ1v) is 8.01. The average molecular weight is 348 g/mol. The van der Waals surface area contributed by atoms with E-state index in [1.165, 1.54) is 11.1 Å². The Kier molecular flexibility index (Phi) is 5.76. The molecule has 4 heteroatoms. The van der Waals surface area contributed by atoms with E-state index in [0.29, 0.717) is 0 Å². The second kappa shape index (κ2) is 7.57. The van der Waals surface area contributed by atoms with Gasteiger partial charge in [-0.05, 0) is 48.9 Å². The van der Waals surface area contributed by atoms with Crippen LogP contribution in [0.1, 0.15) is 23.7 Å². The second-order valence-corrected chi connectivity index (χ2v) is 6.11. The summed E-state index contributed by atoms with van der Waals surface area (Å²) >= 11 is 3.47. The van der Waals surface area contributed by atoms with Crippen LogP contribution in [0.4, 0.5) is 5.82 Å². The Balaban J connectivity index is 2.19. The van der Waals surface area contributed by atoms with Crippen LogP contribution in [0.3, 0.4) is 0 Å². The van der Waals surface area contributed by atoms with Gasteiger partial charge < -0.3 is 10.2 Å². The Labute approximate surface area is 135 Å². The van der Waals surface area contributed by atoms with Crippen molar-refractivity contribution in [2.75, 3.05) is 19.0 Å². The van der Waals surface area contributed by atoms with Gasteiger partial charge in [0.2, 0.25) is 0 Å². The standard InChI is InChI=1S/C17H22BrN3/c1-4-16-9-14(11-19-2)10-17(20-16)21(3)12-13-5-7-15(18)8-6-13/h5-10,19H,4,11-12H2,1-3H3. The number of hydrogen-bond donors (Lipinski definition) is 1. The lowest BCUT2D eigenvalue weighted by Gasteiger charge is -2.20. The fraction of sp³-hybridized carbons (Fsp3) is 0.353. The van der Waals surface area contributed by atoms with Crippen molar-refractivity contribution in [3.05, 3.63) is 57.7 Å². The van der Waals surface area contributed by atoms with Crippen LogP contribution in [0.5, 0.6) is 0 Å². The Morgan fingerprint density at radius 2 is 1.86 bits per heavy atom. The lowest BCUT2D eigenvalue weighted by atomic mass is 10.1. The van der Waals surface area contributed by atoms with Gasteiger partial charge in [-0.25, -0.2) is 4.98 Å². The number of pyridine rings is 1. The highest BCUT2D eigenvalue weighted by Gasteiger charge is 2.07. The summed E-state index contributed by atoms with van der Waals surface area (Å²) < 4.78 is 1.11. The van der Waals surface area contributed by atoms with Gasteiger partial charge in [-0.3, -0.25) is 0 Å². The summed E-state index contributed by atoms with van der Waals surface area (Å²) in [6.07, 6.45) is 0.955. The number of nitrogens with one attached hydrogen (secondary N) is 1. The molecule has 0 spiro atoms. The fourth-order valence-electron chi connectivity index (χ4n) is 2.26. The molecule has 0 aliphatic heterocycles. The lowest BCUT2D eigenvalue weighted by Crippen LogP contribution is -2.19. The van der Waals surface area contributed by atoms with Gasteiger partial charge in [0.05, 0.1) is 0 Å². The van der Waals surface area contributed by atoms with Crippen molar-refractivity contribution in [2.45, 2.75) is 26.4 Å². The monoisotopic (exact) mass is 347 g/mol. The normalized spacial score (nSPS) is 10.7. The molecule has 0 atom stereocenters. The van der Waals surface area contributed by atoms with Crippen molar-refractivity contribution in [2.24, 2.45) is 0 Å². The van der Waals surface area contributed by atoms with Gasteiger partial charge in [0.1, 0.15) is 5.82 Å². The molecule has 0 fully saturated rings. The third-order valence-corrected chi connectivity index (χ3v) is 3.92. The topological polar surface area (TPSA) is 28.2 Å². The molecule has 0 saturated carbocycles. The average Bonchev–Trinajstić information content (AvgIpc) is 2.49. The zero-order valence-electron chi connectivity index (χ0n) is 12.9. The maximum atomic E-state index is 4.74. The molecule has 1 aromatic carbocycles. The van der Waals surface area contributed by atoms with Crippen LogP contribution >= 0.6 is 15.9 Å². The Bertz CT molecular complexity index is 581. The van der Waals surface area contributed by atoms with Crippen molar-refractivity contribution < 1.29 is 0 Å². The minimum Gasteiger partial charge on any atom is -0.355 e. The van der Waals surface area contributed by atoms with Crippen LogP contribution in [0.15, 0.2) is 40.9 Å². The molecule has 0 saturated heterocycles. The van der Waals surface area contributed by atoms with Gasteiger partial charge in [-0.1, -0.05) is 35.0 Å². The maximum Gasteiger partial charge on any atom is 0.129 e. The fourth-order valence-corrected chi connectivity index (χ4v) is 2.53. The van der Waals surface area contributed by atoms with E-state index in [-0.39, 0.29) is 0 Å². The summed E-state index contributed by atoms with van der Waals surface area (Å²) in [5.74, 6) is 1.03. The first-order valence-electron chi connectivity index (χ1n) is 7.22. The zero-order valence-corrected chi connectivity index (χ0v) is 14.4. The van der Waals surface area contributed by atoms with E-state index in [1.807, 2.05) is 7.05 Å². The van der Waals surface area contributed by atoms with E-state index >= 15 is 0 Å². The zero-order chi connectivity index (χ0) is 15.2. The van der Waals surface area contributed by atoms with Crippen LogP contribution in [-0.4, -0.2) is 19.1 Å². The van der Waals surface area contributed by atoms with Crippen LogP contribution in [0.2, 0.25) is 0 Å². The van der Waals surface area contributed by atoms with Crippen molar-refractivity contribution in [1.29, 1.82) is 0 Å². The third kappa shape index (κ3) is 4.55. The van der Waals surface area contributed by atoms with Crippen LogP contribution < -0.4 is 10.2 Å². The molecule has 2 rings (SSSR count). The van der Waals surface area contributed by atoms with E-state index in [1.54, 1.807) is 0 Å². The Morgan fingerprint density at radius 3 is 2.48 bits per heavy atom. The molecule has 0 bridgehead atoms. The summed E-state index contributed by atoms with van der Waals surface area (Å²) in [6.45, 7) is 3.87. The van der Waals surface area contributed by atoms with Crippen LogP contribution in [0, 0.1) is 0 Å². The number of rotatable bonds is 6. The molecule has 3 nitrogen and oxygen atoms in total. The second-order valence-electron chi connectivity index (χ2n) is 5.19. The first-order chi connectivity index (χ1) is 10.1. The van der Waals surface area contributed by atoms with Gasteiger partial charge in [0, 0.05) is 30.3 Å². The van der Waals surface area contributed by atoms with Gasteiger partial charge in [0.25, 0.3) is 0 Å². The SMILES string of the molecule is CCc1cc(CNC)cc(N(C)Cc2ccc(Br)cc2)n1. The number of hydrogen-bond acceptors (Lipinski definition) is 3. The van der Waals surface area contributed by atoms with Gasteiger partial charge >= 0.3 is 0 Å². The minimum atomic E-state index is 0.854. The number of benzene rings is 1. The molecule has 1 N–H and O–H groups in total. The molecule has 0 unspecified atom stereocenters. The highest BCUT2D eigenvalue weighted by atomic mass is 79.9. The van der Waals surface area contributed by atoms with Crippen molar-refractivity contribution >= 4 is 21.7 Å². The number of aryl methyl sites for hydroxylation is 1. The number of nitrogens with zero attached hydrogens (tertiary/aromatic N) is 2. The summed E-state index contributed by atoms with van der Waals surface area (Å²) in [6, 6.07) is 12.8. The predicted molar refractivity (Wildman–Crippen MR) is 92.6 cm³/mol. The van der Waals surface area contributed by atoms with E-state index in [9.17, 15) is 0 Å². The molecule has 21 heavy (non-hydrogen) atoms. The summed E-state index contributed by atoms with van der Waals surface area (Å²) in [5.41, 5.74) is 3.70. The molecule has 1 heterocycles. The predicted octanol–water partition coefficient (Wildman–Crippen LogP) is 3.76. The van der Waals surface area contributed by atoms with E-state index < -0.39 is 0 Å². The lowest BCUT2D eigenvalue weighted by molar-refractivity contribution is 0.805. The molecular weight excluding hydrogens is 326 g/mol.